The minimum Gasteiger partial charge on any atom is -0.384 e. The first-order valence-corrected chi connectivity index (χ1v) is 6.45. The van der Waals surface area contributed by atoms with Crippen LogP contribution in [0.3, 0.4) is 0 Å². The molecule has 7 heteroatoms. The predicted molar refractivity (Wildman–Crippen MR) is 75.5 cm³/mol. The van der Waals surface area contributed by atoms with Crippen molar-refractivity contribution in [1.29, 1.82) is 0 Å². The van der Waals surface area contributed by atoms with E-state index < -0.39 is 18.9 Å². The normalized spacial score (nSPS) is 10.1. The summed E-state index contributed by atoms with van der Waals surface area (Å²) in [5, 5.41) is 11.7. The second kappa shape index (κ2) is 9.29. The van der Waals surface area contributed by atoms with Crippen molar-refractivity contribution in [3.63, 3.8) is 0 Å². The topological polar surface area (TPSA) is 58.6 Å². The molecule has 0 bridgehead atoms. The van der Waals surface area contributed by atoms with Crippen molar-refractivity contribution >= 4 is 23.2 Å². The first-order valence-electron chi connectivity index (χ1n) is 6.08. The maximum Gasteiger partial charge on any atom is 0.261 e. The Bertz CT molecular complexity index is 541. The summed E-state index contributed by atoms with van der Waals surface area (Å²) in [7, 11) is 0. The molecule has 0 aliphatic rings. The molecule has 114 valence electrons. The number of benzene rings is 1. The highest BCUT2D eigenvalue weighted by Crippen LogP contribution is 2.20. The van der Waals surface area contributed by atoms with Gasteiger partial charge in [0.2, 0.25) is 5.91 Å². The van der Waals surface area contributed by atoms with Gasteiger partial charge in [-0.1, -0.05) is 23.4 Å². The van der Waals surface area contributed by atoms with Crippen molar-refractivity contribution in [1.82, 2.24) is 0 Å². The standard InChI is InChI=1S/C14H14ClF2NO3/c15-11-3-4-12(10(8-11)2-1-6-19)18-14(20)5-7-21-9-13(16)17/h3-4,8,13,19H,5-7,9H2,(H,18,20). The Balaban J connectivity index is 2.59. The number of ether oxygens (including phenoxy) is 1. The van der Waals surface area contributed by atoms with Gasteiger partial charge >= 0.3 is 0 Å². The Morgan fingerprint density at radius 2 is 2.24 bits per heavy atom. The quantitative estimate of drug-likeness (QED) is 0.625. The molecule has 1 rings (SSSR count). The van der Waals surface area contributed by atoms with E-state index in [0.29, 0.717) is 16.3 Å². The highest BCUT2D eigenvalue weighted by atomic mass is 35.5. The van der Waals surface area contributed by atoms with Crippen molar-refractivity contribution in [3.05, 3.63) is 28.8 Å². The van der Waals surface area contributed by atoms with Gasteiger partial charge in [-0.3, -0.25) is 4.79 Å². The molecule has 0 spiro atoms. The van der Waals surface area contributed by atoms with Gasteiger partial charge in [-0.2, -0.15) is 0 Å². The predicted octanol–water partition coefficient (Wildman–Crippen LogP) is 2.29. The molecular weight excluding hydrogens is 304 g/mol. The minimum atomic E-state index is -2.55. The smallest absolute Gasteiger partial charge is 0.261 e. The van der Waals surface area contributed by atoms with Crippen molar-refractivity contribution in [2.45, 2.75) is 12.8 Å². The molecule has 0 aromatic heterocycles. The molecule has 0 saturated carbocycles. The van der Waals surface area contributed by atoms with Crippen LogP contribution in [0.5, 0.6) is 0 Å². The van der Waals surface area contributed by atoms with Crippen LogP contribution in [0.1, 0.15) is 12.0 Å². The van der Waals surface area contributed by atoms with Crippen molar-refractivity contribution < 1.29 is 23.4 Å². The average Bonchev–Trinajstić information content (AvgIpc) is 2.43. The summed E-state index contributed by atoms with van der Waals surface area (Å²) < 4.78 is 28.3. The second-order valence-corrected chi connectivity index (χ2v) is 4.35. The van der Waals surface area contributed by atoms with Crippen molar-refractivity contribution in [2.24, 2.45) is 0 Å². The third-order valence-corrected chi connectivity index (χ3v) is 2.51. The van der Waals surface area contributed by atoms with Crippen LogP contribution in [0.15, 0.2) is 18.2 Å². The summed E-state index contributed by atoms with van der Waals surface area (Å²) in [6, 6.07) is 4.70. The number of nitrogens with one attached hydrogen (secondary N) is 1. The number of alkyl halides is 2. The molecular formula is C14H14ClF2NO3. The zero-order valence-corrected chi connectivity index (χ0v) is 11.8. The van der Waals surface area contributed by atoms with E-state index in [9.17, 15) is 13.6 Å². The van der Waals surface area contributed by atoms with Crippen LogP contribution in [0.2, 0.25) is 5.02 Å². The van der Waals surface area contributed by atoms with Crippen LogP contribution < -0.4 is 5.32 Å². The van der Waals surface area contributed by atoms with E-state index >= 15 is 0 Å². The fraction of sp³-hybridized carbons (Fsp3) is 0.357. The number of aliphatic hydroxyl groups is 1. The lowest BCUT2D eigenvalue weighted by molar-refractivity contribution is -0.117. The van der Waals surface area contributed by atoms with Gasteiger partial charge in [-0.05, 0) is 18.2 Å². The average molecular weight is 318 g/mol. The van der Waals surface area contributed by atoms with E-state index in [-0.39, 0.29) is 19.6 Å². The number of halogens is 3. The lowest BCUT2D eigenvalue weighted by Gasteiger charge is -2.08. The van der Waals surface area contributed by atoms with Crippen molar-refractivity contribution in [2.75, 3.05) is 25.1 Å². The number of aliphatic hydroxyl groups excluding tert-OH is 1. The molecule has 2 N–H and O–H groups in total. The summed E-state index contributed by atoms with van der Waals surface area (Å²) in [5.41, 5.74) is 0.887. The Kier molecular flexibility index (Phi) is 7.69. The lowest BCUT2D eigenvalue weighted by atomic mass is 10.1. The first kappa shape index (κ1) is 17.4. The van der Waals surface area contributed by atoms with E-state index in [2.05, 4.69) is 21.9 Å². The van der Waals surface area contributed by atoms with Gasteiger partial charge in [0, 0.05) is 10.6 Å². The van der Waals surface area contributed by atoms with Crippen LogP contribution in [-0.2, 0) is 9.53 Å². The van der Waals surface area contributed by atoms with Gasteiger partial charge in [0.25, 0.3) is 6.43 Å². The number of carbonyl (C=O) groups excluding carboxylic acids is 1. The Morgan fingerprint density at radius 3 is 2.90 bits per heavy atom. The highest BCUT2D eigenvalue weighted by Gasteiger charge is 2.08. The summed E-state index contributed by atoms with van der Waals surface area (Å²) in [5.74, 6) is 4.73. The Labute approximate surface area is 126 Å². The molecule has 0 heterocycles. The van der Waals surface area contributed by atoms with E-state index in [4.69, 9.17) is 16.7 Å². The Hall–Kier alpha value is -1.68. The number of carbonyl (C=O) groups is 1. The Morgan fingerprint density at radius 1 is 1.48 bits per heavy atom. The fourth-order valence-corrected chi connectivity index (χ4v) is 1.59. The van der Waals surface area contributed by atoms with Crippen LogP contribution in [0.4, 0.5) is 14.5 Å². The van der Waals surface area contributed by atoms with Crippen LogP contribution in [0, 0.1) is 11.8 Å². The lowest BCUT2D eigenvalue weighted by Crippen LogP contribution is -2.16. The van der Waals surface area contributed by atoms with E-state index in [1.807, 2.05) is 0 Å². The molecule has 21 heavy (non-hydrogen) atoms. The summed E-state index contributed by atoms with van der Waals surface area (Å²) >= 11 is 5.83. The molecule has 4 nitrogen and oxygen atoms in total. The molecule has 0 fully saturated rings. The van der Waals surface area contributed by atoms with E-state index in [1.165, 1.54) is 0 Å². The molecule has 1 amide bonds. The second-order valence-electron chi connectivity index (χ2n) is 3.91. The number of hydrogen-bond donors (Lipinski definition) is 2. The summed E-state index contributed by atoms with van der Waals surface area (Å²) in [4.78, 5) is 11.7. The molecule has 0 atom stereocenters. The molecule has 0 radical (unpaired) electrons. The van der Waals surface area contributed by atoms with Gasteiger partial charge in [0.1, 0.15) is 13.2 Å². The molecule has 0 unspecified atom stereocenters. The maximum atomic E-state index is 11.8. The first-order chi connectivity index (χ1) is 10.0. The molecule has 1 aromatic carbocycles. The maximum absolute atomic E-state index is 11.8. The molecule has 1 aromatic rings. The van der Waals surface area contributed by atoms with Gasteiger partial charge < -0.3 is 15.2 Å². The van der Waals surface area contributed by atoms with Gasteiger partial charge in [0.05, 0.1) is 18.7 Å². The largest absolute Gasteiger partial charge is 0.384 e. The van der Waals surface area contributed by atoms with E-state index in [0.717, 1.165) is 0 Å². The third kappa shape index (κ3) is 7.04. The van der Waals surface area contributed by atoms with Gasteiger partial charge in [0.15, 0.2) is 0 Å². The van der Waals surface area contributed by atoms with Crippen molar-refractivity contribution in [3.8, 4) is 11.8 Å². The SMILES string of the molecule is O=C(CCOCC(F)F)Nc1ccc(Cl)cc1C#CCO. The molecule has 0 aliphatic carbocycles. The number of rotatable bonds is 6. The zero-order valence-electron chi connectivity index (χ0n) is 11.0. The zero-order chi connectivity index (χ0) is 15.7. The van der Waals surface area contributed by atoms with E-state index in [1.54, 1.807) is 18.2 Å². The highest BCUT2D eigenvalue weighted by molar-refractivity contribution is 6.30. The van der Waals surface area contributed by atoms with Crippen LogP contribution in [-0.4, -0.2) is 37.3 Å². The summed E-state index contributed by atoms with van der Waals surface area (Å²) in [6.07, 6.45) is -2.60. The minimum absolute atomic E-state index is 0.0534. The molecule has 0 aliphatic heterocycles. The van der Waals surface area contributed by atoms with Crippen LogP contribution in [0.25, 0.3) is 0 Å². The van der Waals surface area contributed by atoms with Crippen LogP contribution >= 0.6 is 11.6 Å². The van der Waals surface area contributed by atoms with Gasteiger partial charge in [-0.15, -0.1) is 0 Å². The van der Waals surface area contributed by atoms with Gasteiger partial charge in [-0.25, -0.2) is 8.78 Å². The monoisotopic (exact) mass is 317 g/mol. The summed E-state index contributed by atoms with van der Waals surface area (Å²) in [6.45, 7) is -1.11. The fourth-order valence-electron chi connectivity index (χ4n) is 1.41. The third-order valence-electron chi connectivity index (χ3n) is 2.28. The number of amides is 1. The molecule has 0 saturated heterocycles. The number of hydrogen-bond acceptors (Lipinski definition) is 3. The number of anilines is 1.